The number of aromatic nitrogens is 2. The highest BCUT2D eigenvalue weighted by atomic mass is 16.5. The van der Waals surface area contributed by atoms with Crippen LogP contribution < -0.4 is 19.7 Å². The molecule has 0 radical (unpaired) electrons. The number of carbonyl (C=O) groups excluding carboxylic acids is 1. The average Bonchev–Trinajstić information content (AvgIpc) is 2.52. The average molecular weight is 320 g/mol. The number of rotatable bonds is 5. The van der Waals surface area contributed by atoms with Gasteiger partial charge < -0.3 is 19.7 Å². The van der Waals surface area contributed by atoms with Crippen LogP contribution in [0, 0.1) is 5.92 Å². The number of ether oxygens (including phenoxy) is 2. The van der Waals surface area contributed by atoms with Crippen LogP contribution >= 0.6 is 0 Å². The topological polar surface area (TPSA) is 76.6 Å². The molecule has 1 aliphatic carbocycles. The van der Waals surface area contributed by atoms with Crippen LogP contribution in [0.4, 0.5) is 5.95 Å². The molecular weight excluding hydrogens is 296 g/mol. The maximum atomic E-state index is 12.1. The third-order valence-electron chi connectivity index (χ3n) is 4.61. The van der Waals surface area contributed by atoms with E-state index < -0.39 is 0 Å². The number of carbonyl (C=O) groups is 1. The Kier molecular flexibility index (Phi) is 4.83. The van der Waals surface area contributed by atoms with Gasteiger partial charge in [-0.3, -0.25) is 4.79 Å². The van der Waals surface area contributed by atoms with Gasteiger partial charge in [0.15, 0.2) is 0 Å². The summed E-state index contributed by atoms with van der Waals surface area (Å²) >= 11 is 0. The first-order valence-electron chi connectivity index (χ1n) is 8.22. The van der Waals surface area contributed by atoms with Gasteiger partial charge in [0, 0.05) is 25.0 Å². The standard InChI is InChI=1S/C16H24N4O3/c1-22-13-9-14(23-2)19-16(18-13)20-8-4-7-12(10-20)17-15(21)11-5-3-6-11/h9,11-12H,3-8,10H2,1-2H3,(H,17,21). The van der Waals surface area contributed by atoms with Crippen molar-refractivity contribution in [3.8, 4) is 11.8 Å². The minimum absolute atomic E-state index is 0.151. The predicted octanol–water partition coefficient (Wildman–Crippen LogP) is 1.38. The van der Waals surface area contributed by atoms with Crippen molar-refractivity contribution in [1.29, 1.82) is 0 Å². The molecule has 1 aromatic heterocycles. The summed E-state index contributed by atoms with van der Waals surface area (Å²) in [6.45, 7) is 1.58. The van der Waals surface area contributed by atoms with Gasteiger partial charge in [0.2, 0.25) is 23.6 Å². The van der Waals surface area contributed by atoms with Gasteiger partial charge >= 0.3 is 0 Å². The summed E-state index contributed by atoms with van der Waals surface area (Å²) in [6, 6.07) is 1.81. The highest BCUT2D eigenvalue weighted by molar-refractivity contribution is 5.79. The second-order valence-corrected chi connectivity index (χ2v) is 6.17. The Labute approximate surface area is 136 Å². The Hall–Kier alpha value is -2.05. The molecule has 1 atom stereocenters. The van der Waals surface area contributed by atoms with Crippen molar-refractivity contribution in [3.05, 3.63) is 6.07 Å². The molecule has 2 fully saturated rings. The van der Waals surface area contributed by atoms with Crippen molar-refractivity contribution >= 4 is 11.9 Å². The summed E-state index contributed by atoms with van der Waals surface area (Å²) in [4.78, 5) is 23.0. The summed E-state index contributed by atoms with van der Waals surface area (Å²) < 4.78 is 10.4. The number of hydrogen-bond acceptors (Lipinski definition) is 6. The van der Waals surface area contributed by atoms with Crippen LogP contribution in [0.3, 0.4) is 0 Å². The van der Waals surface area contributed by atoms with E-state index in [-0.39, 0.29) is 17.9 Å². The van der Waals surface area contributed by atoms with Crippen molar-refractivity contribution < 1.29 is 14.3 Å². The Morgan fingerprint density at radius 3 is 2.43 bits per heavy atom. The first-order valence-corrected chi connectivity index (χ1v) is 8.22. The molecule has 1 saturated carbocycles. The second kappa shape index (κ2) is 7.02. The van der Waals surface area contributed by atoms with Crippen molar-refractivity contribution in [2.45, 2.75) is 38.1 Å². The largest absolute Gasteiger partial charge is 0.481 e. The lowest BCUT2D eigenvalue weighted by atomic mass is 9.84. The first kappa shape index (κ1) is 15.8. The molecule has 0 aromatic carbocycles. The molecule has 3 rings (SSSR count). The number of methoxy groups -OCH3 is 2. The van der Waals surface area contributed by atoms with Crippen LogP contribution in [0.1, 0.15) is 32.1 Å². The molecule has 7 nitrogen and oxygen atoms in total. The number of nitrogens with zero attached hydrogens (tertiary/aromatic N) is 3. The van der Waals surface area contributed by atoms with Gasteiger partial charge in [0.05, 0.1) is 20.3 Å². The van der Waals surface area contributed by atoms with Crippen molar-refractivity contribution in [1.82, 2.24) is 15.3 Å². The predicted molar refractivity (Wildman–Crippen MR) is 85.9 cm³/mol. The van der Waals surface area contributed by atoms with E-state index >= 15 is 0 Å². The van der Waals surface area contributed by atoms with Gasteiger partial charge in [0.1, 0.15) is 0 Å². The monoisotopic (exact) mass is 320 g/mol. The smallest absolute Gasteiger partial charge is 0.232 e. The molecule has 1 unspecified atom stereocenters. The maximum absolute atomic E-state index is 12.1. The zero-order valence-electron chi connectivity index (χ0n) is 13.7. The Balaban J connectivity index is 1.66. The zero-order valence-corrected chi connectivity index (χ0v) is 13.7. The van der Waals surface area contributed by atoms with E-state index in [0.29, 0.717) is 17.7 Å². The van der Waals surface area contributed by atoms with Crippen molar-refractivity contribution in [2.24, 2.45) is 5.92 Å². The number of hydrogen-bond donors (Lipinski definition) is 1. The third kappa shape index (κ3) is 3.65. The molecular formula is C16H24N4O3. The fraction of sp³-hybridized carbons (Fsp3) is 0.688. The highest BCUT2D eigenvalue weighted by Gasteiger charge is 2.29. The quantitative estimate of drug-likeness (QED) is 0.883. The lowest BCUT2D eigenvalue weighted by Gasteiger charge is -2.35. The fourth-order valence-electron chi connectivity index (χ4n) is 3.01. The van der Waals surface area contributed by atoms with Gasteiger partial charge in [-0.15, -0.1) is 0 Å². The zero-order chi connectivity index (χ0) is 16.2. The molecule has 1 aromatic rings. The molecule has 1 saturated heterocycles. The first-order chi connectivity index (χ1) is 11.2. The van der Waals surface area contributed by atoms with Crippen LogP contribution in [0.5, 0.6) is 11.8 Å². The number of piperidine rings is 1. The summed E-state index contributed by atoms with van der Waals surface area (Å²) in [7, 11) is 3.15. The summed E-state index contributed by atoms with van der Waals surface area (Å²) in [5.74, 6) is 1.97. The minimum Gasteiger partial charge on any atom is -0.481 e. The van der Waals surface area contributed by atoms with E-state index in [1.165, 1.54) is 6.42 Å². The van der Waals surface area contributed by atoms with Crippen LogP contribution in [-0.2, 0) is 4.79 Å². The SMILES string of the molecule is COc1cc(OC)nc(N2CCCC(NC(=O)C3CCC3)C2)n1. The van der Waals surface area contributed by atoms with E-state index in [4.69, 9.17) is 9.47 Å². The lowest BCUT2D eigenvalue weighted by Crippen LogP contribution is -2.50. The van der Waals surface area contributed by atoms with Crippen LogP contribution in [-0.4, -0.2) is 49.2 Å². The molecule has 23 heavy (non-hydrogen) atoms. The maximum Gasteiger partial charge on any atom is 0.232 e. The van der Waals surface area contributed by atoms with Gasteiger partial charge in [0.25, 0.3) is 0 Å². The fourth-order valence-corrected chi connectivity index (χ4v) is 3.01. The Morgan fingerprint density at radius 2 is 1.87 bits per heavy atom. The van der Waals surface area contributed by atoms with E-state index in [9.17, 15) is 4.79 Å². The Morgan fingerprint density at radius 1 is 1.17 bits per heavy atom. The van der Waals surface area contributed by atoms with Crippen LogP contribution in [0.2, 0.25) is 0 Å². The normalized spacial score (nSPS) is 21.5. The molecule has 2 heterocycles. The molecule has 126 valence electrons. The summed E-state index contributed by atoms with van der Waals surface area (Å²) in [6.07, 6.45) is 5.22. The van der Waals surface area contributed by atoms with Crippen LogP contribution in [0.25, 0.3) is 0 Å². The highest BCUT2D eigenvalue weighted by Crippen LogP contribution is 2.27. The molecule has 1 amide bonds. The number of amides is 1. The molecule has 0 spiro atoms. The summed E-state index contributed by atoms with van der Waals surface area (Å²) in [5, 5.41) is 3.18. The van der Waals surface area contributed by atoms with Gasteiger partial charge in [-0.25, -0.2) is 0 Å². The minimum atomic E-state index is 0.151. The van der Waals surface area contributed by atoms with Crippen LogP contribution in [0.15, 0.2) is 6.07 Å². The lowest BCUT2D eigenvalue weighted by molar-refractivity contribution is -0.128. The Bertz CT molecular complexity index is 540. The summed E-state index contributed by atoms with van der Waals surface area (Å²) in [5.41, 5.74) is 0. The number of anilines is 1. The second-order valence-electron chi connectivity index (χ2n) is 6.17. The number of nitrogens with one attached hydrogen (secondary N) is 1. The van der Waals surface area contributed by atoms with Crippen molar-refractivity contribution in [3.63, 3.8) is 0 Å². The van der Waals surface area contributed by atoms with Gasteiger partial charge in [-0.2, -0.15) is 9.97 Å². The molecule has 0 bridgehead atoms. The van der Waals surface area contributed by atoms with Gasteiger partial charge in [-0.05, 0) is 25.7 Å². The third-order valence-corrected chi connectivity index (χ3v) is 4.61. The van der Waals surface area contributed by atoms with E-state index in [2.05, 4.69) is 20.2 Å². The van der Waals surface area contributed by atoms with E-state index in [1.54, 1.807) is 20.3 Å². The molecule has 1 N–H and O–H groups in total. The van der Waals surface area contributed by atoms with Crippen molar-refractivity contribution in [2.75, 3.05) is 32.2 Å². The van der Waals surface area contributed by atoms with E-state index in [1.807, 2.05) is 0 Å². The van der Waals surface area contributed by atoms with E-state index in [0.717, 1.165) is 38.8 Å². The molecule has 2 aliphatic rings. The van der Waals surface area contributed by atoms with Gasteiger partial charge in [-0.1, -0.05) is 6.42 Å². The molecule has 7 heteroatoms. The molecule has 1 aliphatic heterocycles.